The molecule has 5 heteroatoms. The lowest BCUT2D eigenvalue weighted by Crippen LogP contribution is -2.53. The summed E-state index contributed by atoms with van der Waals surface area (Å²) in [6, 6.07) is 0. The van der Waals surface area contributed by atoms with Crippen molar-refractivity contribution >= 4 is 17.7 Å². The highest BCUT2D eigenvalue weighted by Crippen LogP contribution is 2.45. The first kappa shape index (κ1) is 13.5. The molecule has 0 unspecified atom stereocenters. The summed E-state index contributed by atoms with van der Waals surface area (Å²) in [4.78, 5) is 35.8. The number of rotatable bonds is 1. The maximum absolute atomic E-state index is 12.4. The van der Waals surface area contributed by atoms with Gasteiger partial charge in [0.2, 0.25) is 0 Å². The molecule has 0 N–H and O–H groups in total. The Bertz CT molecular complexity index is 502. The Morgan fingerprint density at radius 2 is 2.11 bits per heavy atom. The summed E-state index contributed by atoms with van der Waals surface area (Å²) in [6.45, 7) is 3.28. The van der Waals surface area contributed by atoms with Crippen molar-refractivity contribution in [3.63, 3.8) is 0 Å². The Balaban J connectivity index is 2.42. The van der Waals surface area contributed by atoms with Crippen LogP contribution in [0.4, 0.5) is 4.79 Å². The largest absolute Gasteiger partial charge is 0.508 e. The summed E-state index contributed by atoms with van der Waals surface area (Å²) >= 11 is 0. The van der Waals surface area contributed by atoms with Crippen LogP contribution in [0.5, 0.6) is 0 Å². The van der Waals surface area contributed by atoms with Crippen molar-refractivity contribution in [3.05, 3.63) is 23.8 Å². The van der Waals surface area contributed by atoms with E-state index >= 15 is 0 Å². The van der Waals surface area contributed by atoms with Crippen LogP contribution in [-0.2, 0) is 19.1 Å². The van der Waals surface area contributed by atoms with Gasteiger partial charge in [-0.15, -0.1) is 0 Å². The van der Waals surface area contributed by atoms with Crippen molar-refractivity contribution in [2.45, 2.75) is 26.4 Å². The zero-order valence-corrected chi connectivity index (χ0v) is 11.1. The lowest BCUT2D eigenvalue weighted by molar-refractivity contribution is -0.143. The number of ketones is 2. The van der Waals surface area contributed by atoms with Crippen LogP contribution in [0.1, 0.15) is 20.3 Å². The standard InChI is InChI=1S/C14H16O5/c1-8-7-10(15)9-5-4-6-11(19-13(17)18-3)14(9,2)12(8)16/h4,6-7,9,11H,5H2,1-3H3/t9-,11-,14+/m0/s1. The fraction of sp³-hybridized carbons (Fsp3) is 0.500. The maximum Gasteiger partial charge on any atom is 0.508 e. The fourth-order valence-corrected chi connectivity index (χ4v) is 2.80. The van der Waals surface area contributed by atoms with E-state index < -0.39 is 23.6 Å². The van der Waals surface area contributed by atoms with Gasteiger partial charge in [0.25, 0.3) is 0 Å². The van der Waals surface area contributed by atoms with Gasteiger partial charge in [-0.2, -0.15) is 0 Å². The predicted molar refractivity (Wildman–Crippen MR) is 66.4 cm³/mol. The number of hydrogen-bond donors (Lipinski definition) is 0. The Morgan fingerprint density at radius 3 is 2.74 bits per heavy atom. The van der Waals surface area contributed by atoms with Gasteiger partial charge in [0.1, 0.15) is 6.10 Å². The molecule has 0 saturated carbocycles. The number of methoxy groups -OCH3 is 1. The highest BCUT2D eigenvalue weighted by molar-refractivity contribution is 6.12. The number of hydrogen-bond acceptors (Lipinski definition) is 5. The van der Waals surface area contributed by atoms with Crippen molar-refractivity contribution in [3.8, 4) is 0 Å². The van der Waals surface area contributed by atoms with Crippen LogP contribution >= 0.6 is 0 Å². The molecule has 5 nitrogen and oxygen atoms in total. The first-order valence-corrected chi connectivity index (χ1v) is 6.09. The average molecular weight is 264 g/mol. The third-order valence-corrected chi connectivity index (χ3v) is 3.94. The zero-order valence-electron chi connectivity index (χ0n) is 11.1. The minimum Gasteiger partial charge on any atom is -0.438 e. The quantitative estimate of drug-likeness (QED) is 0.533. The molecule has 0 bridgehead atoms. The fourth-order valence-electron chi connectivity index (χ4n) is 2.80. The van der Waals surface area contributed by atoms with E-state index in [4.69, 9.17) is 4.74 Å². The molecule has 0 saturated heterocycles. The topological polar surface area (TPSA) is 69.7 Å². The van der Waals surface area contributed by atoms with E-state index in [0.717, 1.165) is 0 Å². The summed E-state index contributed by atoms with van der Waals surface area (Å²) in [7, 11) is 1.20. The minimum absolute atomic E-state index is 0.0950. The summed E-state index contributed by atoms with van der Waals surface area (Å²) in [5.74, 6) is -0.735. The van der Waals surface area contributed by atoms with Gasteiger partial charge in [-0.3, -0.25) is 9.59 Å². The maximum atomic E-state index is 12.4. The van der Waals surface area contributed by atoms with Gasteiger partial charge < -0.3 is 9.47 Å². The number of carbonyl (C=O) groups is 3. The van der Waals surface area contributed by atoms with E-state index in [1.165, 1.54) is 13.2 Å². The number of Topliss-reactive ketones (excluding diaryl/α,β-unsaturated/α-hetero) is 1. The number of carbonyl (C=O) groups excluding carboxylic acids is 3. The smallest absolute Gasteiger partial charge is 0.438 e. The monoisotopic (exact) mass is 264 g/mol. The average Bonchev–Trinajstić information content (AvgIpc) is 2.38. The molecule has 0 aromatic carbocycles. The van der Waals surface area contributed by atoms with Crippen LogP contribution < -0.4 is 0 Å². The van der Waals surface area contributed by atoms with Crippen molar-refractivity contribution < 1.29 is 23.9 Å². The van der Waals surface area contributed by atoms with E-state index in [9.17, 15) is 14.4 Å². The molecule has 0 aliphatic heterocycles. The van der Waals surface area contributed by atoms with E-state index in [2.05, 4.69) is 4.74 Å². The molecule has 0 radical (unpaired) electrons. The third-order valence-electron chi connectivity index (χ3n) is 3.94. The van der Waals surface area contributed by atoms with Crippen LogP contribution in [-0.4, -0.2) is 30.9 Å². The van der Waals surface area contributed by atoms with Gasteiger partial charge in [-0.25, -0.2) is 4.79 Å². The molecule has 19 heavy (non-hydrogen) atoms. The van der Waals surface area contributed by atoms with Gasteiger partial charge in [0.15, 0.2) is 11.6 Å². The highest BCUT2D eigenvalue weighted by atomic mass is 16.7. The highest BCUT2D eigenvalue weighted by Gasteiger charge is 2.54. The second-order valence-electron chi connectivity index (χ2n) is 5.05. The minimum atomic E-state index is -1.04. The van der Waals surface area contributed by atoms with Crippen molar-refractivity contribution in [2.24, 2.45) is 11.3 Å². The van der Waals surface area contributed by atoms with E-state index in [0.29, 0.717) is 12.0 Å². The summed E-state index contributed by atoms with van der Waals surface area (Å²) in [6.07, 6.45) is 3.63. The second kappa shape index (κ2) is 4.64. The summed E-state index contributed by atoms with van der Waals surface area (Å²) < 4.78 is 9.59. The zero-order chi connectivity index (χ0) is 14.2. The Kier molecular flexibility index (Phi) is 3.30. The van der Waals surface area contributed by atoms with Crippen LogP contribution in [0.25, 0.3) is 0 Å². The van der Waals surface area contributed by atoms with Crippen molar-refractivity contribution in [2.75, 3.05) is 7.11 Å². The van der Waals surface area contributed by atoms with Gasteiger partial charge in [0.05, 0.1) is 12.5 Å². The molecule has 102 valence electrons. The van der Waals surface area contributed by atoms with Gasteiger partial charge in [-0.1, -0.05) is 6.08 Å². The van der Waals surface area contributed by atoms with Crippen molar-refractivity contribution in [1.82, 2.24) is 0 Å². The van der Waals surface area contributed by atoms with Gasteiger partial charge in [0, 0.05) is 5.92 Å². The van der Waals surface area contributed by atoms with Gasteiger partial charge >= 0.3 is 6.16 Å². The number of fused-ring (bicyclic) bond motifs is 1. The summed E-state index contributed by atoms with van der Waals surface area (Å²) in [5, 5.41) is 0. The molecule has 0 aromatic rings. The number of ether oxygens (including phenoxy) is 2. The van der Waals surface area contributed by atoms with E-state index in [1.807, 2.05) is 0 Å². The molecule has 3 atom stereocenters. The molecule has 0 aromatic heterocycles. The molecule has 2 aliphatic rings. The Hall–Kier alpha value is -1.91. The Labute approximate surface area is 111 Å². The van der Waals surface area contributed by atoms with E-state index in [1.54, 1.807) is 26.0 Å². The molecule has 0 fully saturated rings. The van der Waals surface area contributed by atoms with Crippen molar-refractivity contribution in [1.29, 1.82) is 0 Å². The predicted octanol–water partition coefficient (Wildman–Crippen LogP) is 1.82. The first-order valence-electron chi connectivity index (χ1n) is 6.09. The number of allylic oxidation sites excluding steroid dienone is 3. The van der Waals surface area contributed by atoms with E-state index in [-0.39, 0.29) is 11.6 Å². The van der Waals surface area contributed by atoms with Crippen LogP contribution in [0.2, 0.25) is 0 Å². The molecule has 0 amide bonds. The molecular weight excluding hydrogens is 248 g/mol. The lowest BCUT2D eigenvalue weighted by atomic mass is 9.60. The van der Waals surface area contributed by atoms with Crippen LogP contribution in [0.3, 0.4) is 0 Å². The third kappa shape index (κ3) is 1.99. The Morgan fingerprint density at radius 1 is 1.42 bits per heavy atom. The first-order chi connectivity index (χ1) is 8.91. The lowest BCUT2D eigenvalue weighted by Gasteiger charge is -2.43. The van der Waals surface area contributed by atoms with Crippen LogP contribution in [0, 0.1) is 11.3 Å². The molecule has 0 spiro atoms. The second-order valence-corrected chi connectivity index (χ2v) is 5.05. The molecule has 0 heterocycles. The summed E-state index contributed by atoms with van der Waals surface area (Å²) in [5.41, 5.74) is -0.642. The molecule has 2 rings (SSSR count). The molecular formula is C14H16O5. The van der Waals surface area contributed by atoms with Crippen LogP contribution in [0.15, 0.2) is 23.8 Å². The SMILES string of the molecule is COC(=O)O[C@H]1C=CC[C@H]2C(=O)C=C(C)C(=O)[C@@]12C. The normalized spacial score (nSPS) is 33.5. The van der Waals surface area contributed by atoms with Gasteiger partial charge in [-0.05, 0) is 38.0 Å². The molecule has 2 aliphatic carbocycles.